The summed E-state index contributed by atoms with van der Waals surface area (Å²) in [5.74, 6) is 0.0288. The van der Waals surface area contributed by atoms with E-state index < -0.39 is 0 Å². The maximum atomic E-state index is 12.5. The van der Waals surface area contributed by atoms with Crippen LogP contribution in [-0.4, -0.2) is 27.9 Å². The number of aromatic nitrogens is 2. The molecule has 0 atom stereocenters. The van der Waals surface area contributed by atoms with Gasteiger partial charge in [-0.1, -0.05) is 48.2 Å². The minimum atomic E-state index is -0.160. The van der Waals surface area contributed by atoms with E-state index in [0.717, 1.165) is 16.1 Å². The van der Waals surface area contributed by atoms with Gasteiger partial charge in [-0.2, -0.15) is 0 Å². The summed E-state index contributed by atoms with van der Waals surface area (Å²) >= 11 is 2.84. The van der Waals surface area contributed by atoms with Gasteiger partial charge in [0, 0.05) is 28.3 Å². The Bertz CT molecular complexity index is 1020. The van der Waals surface area contributed by atoms with Crippen molar-refractivity contribution in [3.63, 3.8) is 0 Å². The number of rotatable bonds is 7. The number of carbonyl (C=O) groups excluding carboxylic acids is 1. The van der Waals surface area contributed by atoms with E-state index in [-0.39, 0.29) is 17.2 Å². The lowest BCUT2D eigenvalue weighted by Crippen LogP contribution is -2.19. The van der Waals surface area contributed by atoms with Crippen LogP contribution in [0.1, 0.15) is 16.8 Å². The van der Waals surface area contributed by atoms with Crippen LogP contribution in [0.3, 0.4) is 0 Å². The van der Waals surface area contributed by atoms with Gasteiger partial charge in [0.25, 0.3) is 5.56 Å². The molecule has 1 heterocycles. The SMILES string of the molecule is CSc1cccc(NC(=O)CSc2nc(C)c(Cc3ccccc3)c(=O)[nH]2)c1. The number of thioether (sulfide) groups is 2. The molecule has 2 aromatic carbocycles. The summed E-state index contributed by atoms with van der Waals surface area (Å²) < 4.78 is 0. The Morgan fingerprint density at radius 3 is 2.64 bits per heavy atom. The average molecular weight is 412 g/mol. The second-order valence-electron chi connectivity index (χ2n) is 6.17. The van der Waals surface area contributed by atoms with E-state index >= 15 is 0 Å². The van der Waals surface area contributed by atoms with E-state index in [1.807, 2.05) is 67.8 Å². The number of aryl methyl sites for hydroxylation is 1. The summed E-state index contributed by atoms with van der Waals surface area (Å²) in [7, 11) is 0. The van der Waals surface area contributed by atoms with Crippen molar-refractivity contribution < 1.29 is 4.79 Å². The van der Waals surface area contributed by atoms with Gasteiger partial charge >= 0.3 is 0 Å². The third-order valence-corrected chi connectivity index (χ3v) is 5.72. The fourth-order valence-electron chi connectivity index (χ4n) is 2.69. The Balaban J connectivity index is 1.63. The van der Waals surface area contributed by atoms with E-state index in [1.54, 1.807) is 11.8 Å². The fourth-order valence-corrected chi connectivity index (χ4v) is 3.86. The molecule has 0 saturated heterocycles. The first-order valence-electron chi connectivity index (χ1n) is 8.75. The number of aromatic amines is 1. The molecule has 0 radical (unpaired) electrons. The zero-order valence-corrected chi connectivity index (χ0v) is 17.3. The lowest BCUT2D eigenvalue weighted by atomic mass is 10.1. The van der Waals surface area contributed by atoms with E-state index in [2.05, 4.69) is 15.3 Å². The summed E-state index contributed by atoms with van der Waals surface area (Å²) in [4.78, 5) is 33.0. The third-order valence-electron chi connectivity index (χ3n) is 4.12. The van der Waals surface area contributed by atoms with Gasteiger partial charge in [0.05, 0.1) is 5.75 Å². The van der Waals surface area contributed by atoms with Gasteiger partial charge in [-0.15, -0.1) is 11.8 Å². The molecule has 0 aliphatic heterocycles. The summed E-state index contributed by atoms with van der Waals surface area (Å²) in [6.45, 7) is 1.82. The second kappa shape index (κ2) is 9.61. The normalized spacial score (nSPS) is 10.6. The molecule has 28 heavy (non-hydrogen) atoms. The Labute approximate surface area is 172 Å². The number of anilines is 1. The smallest absolute Gasteiger partial charge is 0.255 e. The molecule has 5 nitrogen and oxygen atoms in total. The van der Waals surface area contributed by atoms with Gasteiger partial charge in [0.2, 0.25) is 5.91 Å². The average Bonchev–Trinajstić information content (AvgIpc) is 2.70. The first kappa shape index (κ1) is 20.2. The Hall–Kier alpha value is -2.51. The van der Waals surface area contributed by atoms with Gasteiger partial charge in [-0.05, 0) is 36.9 Å². The molecule has 0 spiro atoms. The Kier molecular flexibility index (Phi) is 6.95. The predicted molar refractivity (Wildman–Crippen MR) is 116 cm³/mol. The lowest BCUT2D eigenvalue weighted by Gasteiger charge is -2.08. The van der Waals surface area contributed by atoms with E-state index in [9.17, 15) is 9.59 Å². The second-order valence-corrected chi connectivity index (χ2v) is 8.01. The van der Waals surface area contributed by atoms with Crippen molar-refractivity contribution in [3.8, 4) is 0 Å². The predicted octanol–water partition coefficient (Wildman–Crippen LogP) is 4.12. The number of nitrogens with one attached hydrogen (secondary N) is 2. The molecule has 0 saturated carbocycles. The van der Waals surface area contributed by atoms with Crippen molar-refractivity contribution in [1.82, 2.24) is 9.97 Å². The topological polar surface area (TPSA) is 74.8 Å². The quantitative estimate of drug-likeness (QED) is 0.452. The number of benzene rings is 2. The van der Waals surface area contributed by atoms with Crippen LogP contribution in [0.25, 0.3) is 0 Å². The molecule has 3 rings (SSSR count). The highest BCUT2D eigenvalue weighted by molar-refractivity contribution is 7.99. The van der Waals surface area contributed by atoms with Crippen molar-refractivity contribution in [1.29, 1.82) is 0 Å². The summed E-state index contributed by atoms with van der Waals surface area (Å²) in [5, 5.41) is 3.32. The number of nitrogens with zero attached hydrogens (tertiary/aromatic N) is 1. The fraction of sp³-hybridized carbons (Fsp3) is 0.190. The van der Waals surface area contributed by atoms with Crippen LogP contribution in [0.15, 0.2) is 69.4 Å². The molecular formula is C21H21N3O2S2. The molecule has 2 N–H and O–H groups in total. The van der Waals surface area contributed by atoms with Crippen molar-refractivity contribution in [2.45, 2.75) is 23.4 Å². The zero-order chi connectivity index (χ0) is 19.9. The lowest BCUT2D eigenvalue weighted by molar-refractivity contribution is -0.113. The molecule has 144 valence electrons. The highest BCUT2D eigenvalue weighted by Gasteiger charge is 2.11. The van der Waals surface area contributed by atoms with Crippen molar-refractivity contribution >= 4 is 35.1 Å². The monoisotopic (exact) mass is 411 g/mol. The van der Waals surface area contributed by atoms with Gasteiger partial charge in [0.15, 0.2) is 5.16 Å². The largest absolute Gasteiger partial charge is 0.325 e. The van der Waals surface area contributed by atoms with E-state index in [0.29, 0.717) is 22.8 Å². The van der Waals surface area contributed by atoms with Gasteiger partial charge in [0.1, 0.15) is 0 Å². The zero-order valence-electron chi connectivity index (χ0n) is 15.7. The number of H-pyrrole nitrogens is 1. The molecule has 0 unspecified atom stereocenters. The number of amides is 1. The molecule has 0 fully saturated rings. The maximum absolute atomic E-state index is 12.5. The van der Waals surface area contributed by atoms with Gasteiger partial charge < -0.3 is 10.3 Å². The Morgan fingerprint density at radius 2 is 1.93 bits per heavy atom. The first-order valence-corrected chi connectivity index (χ1v) is 11.0. The van der Waals surface area contributed by atoms with Crippen LogP contribution in [0, 0.1) is 6.92 Å². The summed E-state index contributed by atoms with van der Waals surface area (Å²) in [6, 6.07) is 17.5. The molecule has 3 aromatic rings. The molecule has 1 aromatic heterocycles. The van der Waals surface area contributed by atoms with Crippen molar-refractivity contribution in [2.75, 3.05) is 17.3 Å². The molecule has 7 heteroatoms. The summed E-state index contributed by atoms with van der Waals surface area (Å²) in [5.41, 5.74) is 2.99. The van der Waals surface area contributed by atoms with Crippen LogP contribution in [0.5, 0.6) is 0 Å². The van der Waals surface area contributed by atoms with Crippen LogP contribution in [0.4, 0.5) is 5.69 Å². The van der Waals surface area contributed by atoms with Crippen molar-refractivity contribution in [3.05, 3.63) is 81.8 Å². The maximum Gasteiger partial charge on any atom is 0.255 e. The van der Waals surface area contributed by atoms with Crippen LogP contribution >= 0.6 is 23.5 Å². The van der Waals surface area contributed by atoms with E-state index in [4.69, 9.17) is 0 Å². The van der Waals surface area contributed by atoms with Crippen molar-refractivity contribution in [2.24, 2.45) is 0 Å². The van der Waals surface area contributed by atoms with Crippen LogP contribution < -0.4 is 10.9 Å². The molecule has 0 aliphatic carbocycles. The van der Waals surface area contributed by atoms with Gasteiger partial charge in [-0.25, -0.2) is 4.98 Å². The summed E-state index contributed by atoms with van der Waals surface area (Å²) in [6.07, 6.45) is 2.52. The van der Waals surface area contributed by atoms with Crippen LogP contribution in [0.2, 0.25) is 0 Å². The van der Waals surface area contributed by atoms with Gasteiger partial charge in [-0.3, -0.25) is 9.59 Å². The third kappa shape index (κ3) is 5.50. The standard InChI is InChI=1S/C21H21N3O2S2/c1-14-18(11-15-7-4-3-5-8-15)20(26)24-21(22-14)28-13-19(25)23-16-9-6-10-17(12-16)27-2/h3-10,12H,11,13H2,1-2H3,(H,23,25)(H,22,24,26). The number of hydrogen-bond donors (Lipinski definition) is 2. The minimum absolute atomic E-state index is 0.142. The molecule has 0 aliphatic rings. The Morgan fingerprint density at radius 1 is 1.14 bits per heavy atom. The van der Waals surface area contributed by atoms with E-state index in [1.165, 1.54) is 11.8 Å². The molecule has 1 amide bonds. The van der Waals surface area contributed by atoms with Crippen LogP contribution in [-0.2, 0) is 11.2 Å². The first-order chi connectivity index (χ1) is 13.5. The minimum Gasteiger partial charge on any atom is -0.325 e. The number of carbonyl (C=O) groups is 1. The highest BCUT2D eigenvalue weighted by atomic mass is 32.2. The highest BCUT2D eigenvalue weighted by Crippen LogP contribution is 2.20. The molecule has 0 bridgehead atoms. The number of hydrogen-bond acceptors (Lipinski definition) is 5. The molecular weight excluding hydrogens is 390 g/mol.